The van der Waals surface area contributed by atoms with Crippen molar-refractivity contribution in [3.8, 4) is 0 Å². The van der Waals surface area contributed by atoms with Crippen LogP contribution in [0.2, 0.25) is 5.02 Å². The van der Waals surface area contributed by atoms with Gasteiger partial charge >= 0.3 is 0 Å². The highest BCUT2D eigenvalue weighted by Crippen LogP contribution is 2.31. The molecule has 5 heteroatoms. The van der Waals surface area contributed by atoms with E-state index in [1.807, 2.05) is 24.3 Å². The first kappa shape index (κ1) is 15.1. The Balaban J connectivity index is 1.90. The molecule has 0 aliphatic carbocycles. The number of aromatic nitrogens is 2. The Morgan fingerprint density at radius 3 is 2.65 bits per heavy atom. The molecule has 0 aliphatic heterocycles. The van der Waals surface area contributed by atoms with Gasteiger partial charge < -0.3 is 0 Å². The van der Waals surface area contributed by atoms with Gasteiger partial charge in [0, 0.05) is 34.5 Å². The first-order valence-electron chi connectivity index (χ1n) is 6.36. The number of carbonyl (C=O) groups excluding carboxylic acids is 1. The zero-order valence-corrected chi connectivity index (χ0v) is 13.1. The third-order valence-electron chi connectivity index (χ3n) is 2.87. The van der Waals surface area contributed by atoms with E-state index < -0.39 is 0 Å². The molecule has 0 atom stereocenters. The smallest absolute Gasteiger partial charge is 0.232 e. The van der Waals surface area contributed by atoms with Gasteiger partial charge in [-0.3, -0.25) is 9.36 Å². The molecule has 0 aliphatic rings. The summed E-state index contributed by atoms with van der Waals surface area (Å²) in [6.07, 6.45) is 5.34. The van der Waals surface area contributed by atoms with Gasteiger partial charge in [-0.25, -0.2) is 4.98 Å². The topological polar surface area (TPSA) is 34.9 Å². The Hall–Kier alpha value is -1.26. The third kappa shape index (κ3) is 4.39. The van der Waals surface area contributed by atoms with E-state index >= 15 is 0 Å². The summed E-state index contributed by atoms with van der Waals surface area (Å²) in [6, 6.07) is 7.77. The van der Waals surface area contributed by atoms with Crippen LogP contribution in [0.1, 0.15) is 25.1 Å². The Labute approximate surface area is 128 Å². The number of hydrogen-bond acceptors (Lipinski definition) is 3. The quantitative estimate of drug-likeness (QED) is 0.769. The van der Waals surface area contributed by atoms with Crippen molar-refractivity contribution in [1.29, 1.82) is 0 Å². The van der Waals surface area contributed by atoms with Gasteiger partial charge in [-0.05, 0) is 29.7 Å². The molecule has 0 saturated heterocycles. The number of benzene rings is 1. The molecule has 0 spiro atoms. The Morgan fingerprint density at radius 2 is 2.05 bits per heavy atom. The highest BCUT2D eigenvalue weighted by atomic mass is 35.5. The van der Waals surface area contributed by atoms with E-state index in [9.17, 15) is 4.79 Å². The van der Waals surface area contributed by atoms with Gasteiger partial charge in [0.05, 0.1) is 0 Å². The highest BCUT2D eigenvalue weighted by Gasteiger charge is 2.23. The van der Waals surface area contributed by atoms with Crippen LogP contribution < -0.4 is 0 Å². The number of rotatable bonds is 5. The number of halogens is 1. The minimum absolute atomic E-state index is 0.0733. The monoisotopic (exact) mass is 308 g/mol. The van der Waals surface area contributed by atoms with Gasteiger partial charge in [-0.2, -0.15) is 0 Å². The molecule has 0 saturated carbocycles. The lowest BCUT2D eigenvalue weighted by atomic mass is 9.91. The SMILES string of the molecule is CC(C)(CSc1ccc(Cl)cc1)CC(=O)n1ccnc1. The van der Waals surface area contributed by atoms with Crippen molar-refractivity contribution in [2.24, 2.45) is 5.41 Å². The van der Waals surface area contributed by atoms with Gasteiger partial charge in [0.15, 0.2) is 0 Å². The van der Waals surface area contributed by atoms with E-state index in [1.165, 1.54) is 4.57 Å². The van der Waals surface area contributed by atoms with Crippen LogP contribution >= 0.6 is 23.4 Å². The van der Waals surface area contributed by atoms with E-state index in [0.29, 0.717) is 6.42 Å². The maximum absolute atomic E-state index is 12.1. The molecule has 0 amide bonds. The average Bonchev–Trinajstić information content (AvgIpc) is 2.91. The lowest BCUT2D eigenvalue weighted by Crippen LogP contribution is -2.23. The van der Waals surface area contributed by atoms with Crippen LogP contribution in [-0.4, -0.2) is 21.2 Å². The fourth-order valence-corrected chi connectivity index (χ4v) is 2.88. The Morgan fingerprint density at radius 1 is 1.35 bits per heavy atom. The largest absolute Gasteiger partial charge is 0.276 e. The number of hydrogen-bond donors (Lipinski definition) is 0. The molecule has 1 heterocycles. The lowest BCUT2D eigenvalue weighted by molar-refractivity contribution is 0.0858. The molecule has 2 aromatic rings. The summed E-state index contributed by atoms with van der Waals surface area (Å²) in [5, 5.41) is 0.740. The van der Waals surface area contributed by atoms with Crippen molar-refractivity contribution in [2.75, 3.05) is 5.75 Å². The van der Waals surface area contributed by atoms with E-state index in [4.69, 9.17) is 11.6 Å². The predicted molar refractivity (Wildman–Crippen MR) is 83.4 cm³/mol. The molecule has 106 valence electrons. The summed E-state index contributed by atoms with van der Waals surface area (Å²) in [7, 11) is 0. The molecular formula is C15H17ClN2OS. The van der Waals surface area contributed by atoms with Crippen LogP contribution in [0.15, 0.2) is 47.9 Å². The fourth-order valence-electron chi connectivity index (χ4n) is 1.77. The van der Waals surface area contributed by atoms with Crippen LogP contribution in [0.25, 0.3) is 0 Å². The average molecular weight is 309 g/mol. The van der Waals surface area contributed by atoms with Crippen molar-refractivity contribution in [1.82, 2.24) is 9.55 Å². The number of imidazole rings is 1. The first-order valence-corrected chi connectivity index (χ1v) is 7.72. The van der Waals surface area contributed by atoms with Gasteiger partial charge in [-0.15, -0.1) is 11.8 Å². The minimum atomic E-state index is -0.0777. The highest BCUT2D eigenvalue weighted by molar-refractivity contribution is 7.99. The van der Waals surface area contributed by atoms with E-state index in [-0.39, 0.29) is 11.3 Å². The molecule has 0 fully saturated rings. The van der Waals surface area contributed by atoms with Crippen LogP contribution in [-0.2, 0) is 0 Å². The van der Waals surface area contributed by atoms with E-state index in [0.717, 1.165) is 15.7 Å². The molecular weight excluding hydrogens is 292 g/mol. The van der Waals surface area contributed by atoms with Crippen LogP contribution in [0.4, 0.5) is 0 Å². The molecule has 0 N–H and O–H groups in total. The normalized spacial score (nSPS) is 11.6. The number of thioether (sulfide) groups is 1. The van der Waals surface area contributed by atoms with E-state index in [2.05, 4.69) is 18.8 Å². The summed E-state index contributed by atoms with van der Waals surface area (Å²) in [4.78, 5) is 17.1. The second kappa shape index (κ2) is 6.46. The molecule has 0 radical (unpaired) electrons. The van der Waals surface area contributed by atoms with Gasteiger partial charge in [0.2, 0.25) is 5.91 Å². The van der Waals surface area contributed by atoms with Gasteiger partial charge in [0.1, 0.15) is 6.33 Å². The maximum atomic E-state index is 12.1. The van der Waals surface area contributed by atoms with Crippen molar-refractivity contribution in [3.05, 3.63) is 48.0 Å². The number of nitrogens with zero attached hydrogens (tertiary/aromatic N) is 2. The third-order valence-corrected chi connectivity index (χ3v) is 4.65. The van der Waals surface area contributed by atoms with Crippen LogP contribution in [0.3, 0.4) is 0 Å². The van der Waals surface area contributed by atoms with Crippen molar-refractivity contribution < 1.29 is 4.79 Å². The minimum Gasteiger partial charge on any atom is -0.276 e. The Kier molecular flexibility index (Phi) is 4.89. The molecule has 20 heavy (non-hydrogen) atoms. The molecule has 1 aromatic heterocycles. The molecule has 1 aromatic carbocycles. The van der Waals surface area contributed by atoms with Crippen molar-refractivity contribution >= 4 is 29.3 Å². The molecule has 3 nitrogen and oxygen atoms in total. The summed E-state index contributed by atoms with van der Waals surface area (Å²) < 4.78 is 1.54. The van der Waals surface area contributed by atoms with Gasteiger partial charge in [0.25, 0.3) is 0 Å². The summed E-state index contributed by atoms with van der Waals surface area (Å²) in [5.74, 6) is 0.943. The Bertz CT molecular complexity index is 564. The van der Waals surface area contributed by atoms with Gasteiger partial charge in [-0.1, -0.05) is 25.4 Å². The molecule has 2 rings (SSSR count). The molecule has 0 bridgehead atoms. The first-order chi connectivity index (χ1) is 9.46. The summed E-state index contributed by atoms with van der Waals surface area (Å²) in [5.41, 5.74) is -0.0777. The van der Waals surface area contributed by atoms with E-state index in [1.54, 1.807) is 30.5 Å². The van der Waals surface area contributed by atoms with Crippen LogP contribution in [0.5, 0.6) is 0 Å². The second-order valence-corrected chi connectivity index (χ2v) is 6.93. The zero-order valence-electron chi connectivity index (χ0n) is 11.5. The summed E-state index contributed by atoms with van der Waals surface area (Å²) >= 11 is 7.60. The lowest BCUT2D eigenvalue weighted by Gasteiger charge is -2.23. The van der Waals surface area contributed by atoms with Crippen molar-refractivity contribution in [2.45, 2.75) is 25.2 Å². The second-order valence-electron chi connectivity index (χ2n) is 5.45. The van der Waals surface area contributed by atoms with Crippen LogP contribution in [0, 0.1) is 5.41 Å². The molecule has 0 unspecified atom stereocenters. The maximum Gasteiger partial charge on any atom is 0.232 e. The zero-order chi connectivity index (χ0) is 14.6. The summed E-state index contributed by atoms with van der Waals surface area (Å²) in [6.45, 7) is 4.20. The standard InChI is InChI=1S/C15H17ClN2OS/c1-15(2,9-14(19)18-8-7-17-11-18)10-20-13-5-3-12(16)4-6-13/h3-8,11H,9-10H2,1-2H3. The fraction of sp³-hybridized carbons (Fsp3) is 0.333. The number of carbonyl (C=O) groups is 1. The predicted octanol–water partition coefficient (Wildman–Crippen LogP) is 4.39. The van der Waals surface area contributed by atoms with Crippen molar-refractivity contribution in [3.63, 3.8) is 0 Å².